The van der Waals surface area contributed by atoms with Crippen molar-refractivity contribution in [2.75, 3.05) is 58.0 Å². The predicted octanol–water partition coefficient (Wildman–Crippen LogP) is 3.55. The van der Waals surface area contributed by atoms with Crippen LogP contribution in [0.25, 0.3) is 27.9 Å². The number of fused-ring (bicyclic) bond motifs is 5. The van der Waals surface area contributed by atoms with Crippen molar-refractivity contribution in [1.29, 1.82) is 0 Å². The van der Waals surface area contributed by atoms with Gasteiger partial charge in [-0.1, -0.05) is 0 Å². The third-order valence-electron chi connectivity index (χ3n) is 9.41. The maximum atomic E-state index is 15.5. The lowest BCUT2D eigenvalue weighted by molar-refractivity contribution is 0.0694. The Balaban J connectivity index is 1.45. The minimum atomic E-state index is -1.36. The van der Waals surface area contributed by atoms with Crippen LogP contribution in [0.1, 0.15) is 33.6 Å². The average molecular weight is 602 g/mol. The zero-order valence-corrected chi connectivity index (χ0v) is 25.0. The van der Waals surface area contributed by atoms with Gasteiger partial charge >= 0.3 is 5.97 Å². The van der Waals surface area contributed by atoms with E-state index in [-0.39, 0.29) is 5.56 Å². The molecule has 3 aliphatic rings. The third kappa shape index (κ3) is 4.27. The number of rotatable bonds is 6. The topological polar surface area (TPSA) is 106 Å². The zero-order chi connectivity index (χ0) is 31.0. The Morgan fingerprint density at radius 3 is 2.68 bits per heavy atom. The van der Waals surface area contributed by atoms with Crippen molar-refractivity contribution < 1.29 is 18.7 Å². The largest absolute Gasteiger partial charge is 0.477 e. The van der Waals surface area contributed by atoms with Crippen molar-refractivity contribution in [1.82, 2.24) is 24.2 Å². The van der Waals surface area contributed by atoms with Crippen LogP contribution in [0.5, 0.6) is 0 Å². The summed E-state index contributed by atoms with van der Waals surface area (Å²) in [5.41, 5.74) is 4.27. The number of likely N-dealkylation sites (N-methyl/N-ethyl adjacent to an activating group) is 1. The number of nitrogens with one attached hydrogen (secondary N) is 1. The van der Waals surface area contributed by atoms with E-state index in [1.165, 1.54) is 4.40 Å². The van der Waals surface area contributed by atoms with Gasteiger partial charge in [-0.3, -0.25) is 19.1 Å². The van der Waals surface area contributed by atoms with Crippen molar-refractivity contribution in [2.45, 2.75) is 25.4 Å². The smallest absolute Gasteiger partial charge is 0.342 e. The van der Waals surface area contributed by atoms with Gasteiger partial charge in [-0.05, 0) is 37.6 Å². The normalized spacial score (nSPS) is 19.3. The van der Waals surface area contributed by atoms with Gasteiger partial charge in [0.1, 0.15) is 11.2 Å². The molecule has 2 fully saturated rings. The summed E-state index contributed by atoms with van der Waals surface area (Å²) in [6.07, 6.45) is 5.80. The number of anilines is 2. The van der Waals surface area contributed by atoms with Crippen LogP contribution in [-0.4, -0.2) is 89.1 Å². The van der Waals surface area contributed by atoms with E-state index >= 15 is 4.39 Å². The highest BCUT2D eigenvalue weighted by molar-refractivity contribution is 5.96. The number of nitrogens with zero attached hydrogens (tertiary/aromatic N) is 6. The molecule has 2 N–H and O–H groups in total. The summed E-state index contributed by atoms with van der Waals surface area (Å²) in [4.78, 5) is 41.1. The molecule has 7 rings (SSSR count). The van der Waals surface area contributed by atoms with Crippen molar-refractivity contribution >= 4 is 23.0 Å². The Kier molecular flexibility index (Phi) is 6.67. The fourth-order valence-electron chi connectivity index (χ4n) is 7.45. The van der Waals surface area contributed by atoms with E-state index < -0.39 is 28.7 Å². The molecule has 12 heteroatoms. The highest BCUT2D eigenvalue weighted by atomic mass is 19.2. The van der Waals surface area contributed by atoms with Crippen LogP contribution in [0.4, 0.5) is 20.2 Å². The maximum absolute atomic E-state index is 15.5. The summed E-state index contributed by atoms with van der Waals surface area (Å²) in [5.74, 6) is -2.68. The van der Waals surface area contributed by atoms with Gasteiger partial charge in [0.05, 0.1) is 11.4 Å². The Morgan fingerprint density at radius 1 is 1.16 bits per heavy atom. The number of aromatic nitrogens is 3. The van der Waals surface area contributed by atoms with E-state index in [1.54, 1.807) is 19.4 Å². The number of hydrogen-bond donors (Lipinski definition) is 2. The van der Waals surface area contributed by atoms with E-state index in [9.17, 15) is 19.1 Å². The fourth-order valence-corrected chi connectivity index (χ4v) is 7.45. The summed E-state index contributed by atoms with van der Waals surface area (Å²) in [6.45, 7) is 3.43. The van der Waals surface area contributed by atoms with Crippen LogP contribution in [0.2, 0.25) is 0 Å². The van der Waals surface area contributed by atoms with Gasteiger partial charge in [0.2, 0.25) is 0 Å². The van der Waals surface area contributed by atoms with Gasteiger partial charge in [-0.25, -0.2) is 18.6 Å². The van der Waals surface area contributed by atoms with Crippen LogP contribution in [0.15, 0.2) is 35.5 Å². The number of carboxylic acids is 1. The number of carbonyl (C=O) groups is 1. The molecular weight excluding hydrogens is 568 g/mol. The first-order valence-corrected chi connectivity index (χ1v) is 14.7. The quantitative estimate of drug-likeness (QED) is 0.302. The molecule has 3 aromatic heterocycles. The maximum Gasteiger partial charge on any atom is 0.342 e. The molecule has 0 radical (unpaired) electrons. The van der Waals surface area contributed by atoms with E-state index in [0.717, 1.165) is 43.9 Å². The number of benzene rings is 1. The van der Waals surface area contributed by atoms with Gasteiger partial charge in [-0.2, -0.15) is 0 Å². The molecule has 0 amide bonds. The molecule has 1 aliphatic carbocycles. The molecule has 1 aromatic carbocycles. The summed E-state index contributed by atoms with van der Waals surface area (Å²) >= 11 is 0. The van der Waals surface area contributed by atoms with E-state index in [1.807, 2.05) is 25.1 Å². The van der Waals surface area contributed by atoms with Crippen molar-refractivity contribution in [2.24, 2.45) is 5.92 Å². The first-order chi connectivity index (χ1) is 21.1. The number of likely N-dealkylation sites (tertiary alicyclic amines) is 2. The lowest BCUT2D eigenvalue weighted by Crippen LogP contribution is -2.34. The van der Waals surface area contributed by atoms with Gasteiger partial charge in [0, 0.05) is 111 Å². The van der Waals surface area contributed by atoms with Crippen LogP contribution >= 0.6 is 0 Å². The van der Waals surface area contributed by atoms with E-state index in [4.69, 9.17) is 4.98 Å². The van der Waals surface area contributed by atoms with Crippen molar-refractivity contribution in [3.05, 3.63) is 75.1 Å². The predicted molar refractivity (Wildman–Crippen MR) is 163 cm³/mol. The molecule has 0 saturated carbocycles. The molecule has 2 aliphatic heterocycles. The molecule has 2 atom stereocenters. The molecule has 2 unspecified atom stereocenters. The fraction of sp³-hybridized carbons (Fsp3) is 0.375. The van der Waals surface area contributed by atoms with Crippen molar-refractivity contribution in [3.63, 3.8) is 0 Å². The average Bonchev–Trinajstić information content (AvgIpc) is 3.67. The zero-order valence-electron chi connectivity index (χ0n) is 25.0. The van der Waals surface area contributed by atoms with Crippen LogP contribution in [0.3, 0.4) is 0 Å². The first-order valence-electron chi connectivity index (χ1n) is 14.7. The number of carboxylic acid groups (broad SMARTS) is 1. The minimum Gasteiger partial charge on any atom is -0.477 e. The van der Waals surface area contributed by atoms with Crippen LogP contribution in [0, 0.1) is 17.6 Å². The highest BCUT2D eigenvalue weighted by Gasteiger charge is 2.40. The monoisotopic (exact) mass is 601 g/mol. The lowest BCUT2D eigenvalue weighted by atomic mass is 9.97. The first kappa shape index (κ1) is 28.4. The van der Waals surface area contributed by atoms with Gasteiger partial charge in [0.25, 0.3) is 5.56 Å². The molecule has 10 nitrogen and oxygen atoms in total. The summed E-state index contributed by atoms with van der Waals surface area (Å²) < 4.78 is 31.6. The second kappa shape index (κ2) is 10.3. The number of aromatic carboxylic acids is 1. The second-order valence-corrected chi connectivity index (χ2v) is 12.3. The Morgan fingerprint density at radius 2 is 1.95 bits per heavy atom. The Bertz CT molecular complexity index is 1930. The van der Waals surface area contributed by atoms with Crippen LogP contribution in [-0.2, 0) is 13.0 Å². The number of halogens is 2. The van der Waals surface area contributed by atoms with Gasteiger partial charge in [0.15, 0.2) is 11.6 Å². The number of hydrogen-bond acceptors (Lipinski definition) is 8. The Labute approximate surface area is 252 Å². The SMILES string of the molecule is CNc1cc(F)c(F)c2c1Cc1ncc(-c3cc(CN4CCC5CN(C)CC54)c4ncc(C(=O)O)c(=O)n4c3)c(N(C)C)c1-2. The van der Waals surface area contributed by atoms with Crippen molar-refractivity contribution in [3.8, 4) is 22.3 Å². The third-order valence-corrected chi connectivity index (χ3v) is 9.41. The number of pyridine rings is 2. The molecule has 4 aromatic rings. The minimum absolute atomic E-state index is 0.170. The molecule has 0 spiro atoms. The standard InChI is InChI=1S/C32H33F2N7O3/c1-35-23-9-22(33)28(34)26-19(23)8-24-27(26)29(38(2)3)20(10-36-24)17-7-18(13-40-6-5-16-12-39(4)15-25(16)40)30-37-11-21(32(43)44)31(42)41(30)14-17/h7,9-11,14,16,25,35H,5-6,8,12-13,15H2,1-4H3,(H,43,44). The summed E-state index contributed by atoms with van der Waals surface area (Å²) in [7, 11) is 7.44. The molecule has 228 valence electrons. The van der Waals surface area contributed by atoms with E-state index in [0.29, 0.717) is 69.9 Å². The highest BCUT2D eigenvalue weighted by Crippen LogP contribution is 2.49. The van der Waals surface area contributed by atoms with Gasteiger partial charge in [-0.15, -0.1) is 0 Å². The Hall–Kier alpha value is -4.42. The van der Waals surface area contributed by atoms with E-state index in [2.05, 4.69) is 27.1 Å². The van der Waals surface area contributed by atoms with Gasteiger partial charge < -0.3 is 20.2 Å². The molecule has 44 heavy (non-hydrogen) atoms. The van der Waals surface area contributed by atoms with Crippen LogP contribution < -0.4 is 15.8 Å². The second-order valence-electron chi connectivity index (χ2n) is 12.3. The lowest BCUT2D eigenvalue weighted by Gasteiger charge is -2.25. The molecular formula is C32H33F2N7O3. The molecule has 0 bridgehead atoms. The summed E-state index contributed by atoms with van der Waals surface area (Å²) in [6, 6.07) is 3.50. The summed E-state index contributed by atoms with van der Waals surface area (Å²) in [5, 5.41) is 12.7. The molecule has 5 heterocycles. The molecule has 2 saturated heterocycles.